The molecule has 1 amide bonds. The molecule has 0 spiro atoms. The number of aromatic nitrogens is 4. The van der Waals surface area contributed by atoms with Crippen molar-refractivity contribution in [3.05, 3.63) is 100 Å². The second kappa shape index (κ2) is 13.1. The summed E-state index contributed by atoms with van der Waals surface area (Å²) in [6.07, 6.45) is 4.56. The molecule has 0 aliphatic carbocycles. The van der Waals surface area contributed by atoms with E-state index in [1.807, 2.05) is 13.0 Å². The Bertz CT molecular complexity index is 1940. The molecular formula is C32H30N6O7. The van der Waals surface area contributed by atoms with Crippen molar-refractivity contribution in [3.8, 4) is 28.4 Å². The number of nitrogens with zero attached hydrogens (tertiary/aromatic N) is 4. The highest BCUT2D eigenvalue weighted by Gasteiger charge is 2.28. The Hall–Kier alpha value is -5.98. The summed E-state index contributed by atoms with van der Waals surface area (Å²) in [6, 6.07) is 13.4. The first kappa shape index (κ1) is 30.5. The molecule has 4 heterocycles. The minimum Gasteiger partial charge on any atom is -0.493 e. The molecule has 13 heteroatoms. The molecule has 1 aromatic carbocycles. The summed E-state index contributed by atoms with van der Waals surface area (Å²) in [5.74, 6) is -0.251. The summed E-state index contributed by atoms with van der Waals surface area (Å²) in [6.45, 7) is 1.82. The van der Waals surface area contributed by atoms with Crippen LogP contribution in [0.15, 0.2) is 71.9 Å². The fourth-order valence-corrected chi connectivity index (χ4v) is 5.02. The van der Waals surface area contributed by atoms with Crippen molar-refractivity contribution in [3.63, 3.8) is 0 Å². The van der Waals surface area contributed by atoms with Gasteiger partial charge in [-0.25, -0.2) is 9.78 Å². The molecule has 4 aromatic heterocycles. The van der Waals surface area contributed by atoms with E-state index in [1.165, 1.54) is 45.4 Å². The quantitative estimate of drug-likeness (QED) is 0.175. The summed E-state index contributed by atoms with van der Waals surface area (Å²) in [7, 11) is 5.67. The Morgan fingerprint density at radius 2 is 1.60 bits per heavy atom. The lowest BCUT2D eigenvalue weighted by molar-refractivity contribution is 0.0588. The SMILES string of the molecule is COC(=O)c1c(-c2cc(OC)c(OC)c(OC)c2)c2ccnc(NNC(=O)c3ccccn3)c2c(=O)n1Cc1ccnc(C)c1. The van der Waals surface area contributed by atoms with Crippen LogP contribution >= 0.6 is 0 Å². The molecule has 0 saturated heterocycles. The van der Waals surface area contributed by atoms with Crippen LogP contribution in [0.4, 0.5) is 5.82 Å². The molecular weight excluding hydrogens is 580 g/mol. The number of aryl methyl sites for hydroxylation is 1. The number of carbonyl (C=O) groups is 2. The van der Waals surface area contributed by atoms with Crippen molar-refractivity contribution >= 4 is 28.5 Å². The second-order valence-electron chi connectivity index (χ2n) is 9.70. The number of hydrogen-bond donors (Lipinski definition) is 2. The average Bonchev–Trinajstić information content (AvgIpc) is 3.07. The first-order valence-corrected chi connectivity index (χ1v) is 13.6. The molecule has 0 unspecified atom stereocenters. The van der Waals surface area contributed by atoms with E-state index in [0.717, 1.165) is 5.69 Å². The number of carbonyl (C=O) groups excluding carboxylic acids is 2. The van der Waals surface area contributed by atoms with Gasteiger partial charge in [-0.2, -0.15) is 0 Å². The molecule has 0 saturated carbocycles. The highest BCUT2D eigenvalue weighted by molar-refractivity contribution is 6.09. The van der Waals surface area contributed by atoms with Crippen LogP contribution in [0.5, 0.6) is 17.2 Å². The highest BCUT2D eigenvalue weighted by atomic mass is 16.5. The molecule has 13 nitrogen and oxygen atoms in total. The normalized spacial score (nSPS) is 10.7. The Labute approximate surface area is 257 Å². The fourth-order valence-electron chi connectivity index (χ4n) is 5.02. The molecule has 0 aliphatic rings. The number of nitrogens with one attached hydrogen (secondary N) is 2. The van der Waals surface area contributed by atoms with Crippen molar-refractivity contribution in [2.24, 2.45) is 0 Å². The van der Waals surface area contributed by atoms with E-state index >= 15 is 0 Å². The van der Waals surface area contributed by atoms with Gasteiger partial charge in [-0.15, -0.1) is 0 Å². The molecule has 5 rings (SSSR count). The Kier molecular flexibility index (Phi) is 8.89. The van der Waals surface area contributed by atoms with Gasteiger partial charge in [0.1, 0.15) is 11.4 Å². The zero-order valence-corrected chi connectivity index (χ0v) is 25.2. The summed E-state index contributed by atoms with van der Waals surface area (Å²) < 4.78 is 23.2. The number of hydrazine groups is 1. The molecule has 0 bridgehead atoms. The Morgan fingerprint density at radius 1 is 0.867 bits per heavy atom. The average molecular weight is 611 g/mol. The number of rotatable bonds is 10. The standard InChI is InChI=1S/C32H30N6O7/c1-18-14-19(9-12-33-18)17-38-27(32(41)45-5)25(20-15-23(42-2)28(44-4)24(16-20)43-3)21-10-13-35-29(26(21)31(38)40)36-37-30(39)22-8-6-7-11-34-22/h6-16H,17H2,1-5H3,(H,35,36)(H,37,39). The number of pyridine rings is 4. The Morgan fingerprint density at radius 3 is 2.22 bits per heavy atom. The number of ether oxygens (including phenoxy) is 4. The lowest BCUT2D eigenvalue weighted by atomic mass is 9.96. The van der Waals surface area contributed by atoms with E-state index in [9.17, 15) is 14.4 Å². The largest absolute Gasteiger partial charge is 0.493 e. The van der Waals surface area contributed by atoms with Crippen LogP contribution in [0, 0.1) is 6.92 Å². The maximum atomic E-state index is 14.4. The van der Waals surface area contributed by atoms with Crippen molar-refractivity contribution in [1.82, 2.24) is 24.9 Å². The lowest BCUT2D eigenvalue weighted by Gasteiger charge is -2.21. The van der Waals surface area contributed by atoms with E-state index in [-0.39, 0.29) is 29.1 Å². The van der Waals surface area contributed by atoms with Crippen LogP contribution in [0.3, 0.4) is 0 Å². The van der Waals surface area contributed by atoms with Crippen molar-refractivity contribution in [2.75, 3.05) is 33.9 Å². The highest BCUT2D eigenvalue weighted by Crippen LogP contribution is 2.43. The van der Waals surface area contributed by atoms with Crippen molar-refractivity contribution in [1.29, 1.82) is 0 Å². The molecule has 0 radical (unpaired) electrons. The van der Waals surface area contributed by atoms with Crippen molar-refractivity contribution in [2.45, 2.75) is 13.5 Å². The monoisotopic (exact) mass is 610 g/mol. The number of benzene rings is 1. The van der Waals surface area contributed by atoms with Gasteiger partial charge in [-0.05, 0) is 60.5 Å². The lowest BCUT2D eigenvalue weighted by Crippen LogP contribution is -2.33. The number of amides is 1. The first-order chi connectivity index (χ1) is 21.8. The van der Waals surface area contributed by atoms with Gasteiger partial charge in [0.05, 0.1) is 40.4 Å². The zero-order chi connectivity index (χ0) is 32.1. The first-order valence-electron chi connectivity index (χ1n) is 13.6. The van der Waals surface area contributed by atoms with Gasteiger partial charge < -0.3 is 18.9 Å². The van der Waals surface area contributed by atoms with Gasteiger partial charge in [0.15, 0.2) is 17.3 Å². The maximum Gasteiger partial charge on any atom is 0.355 e. The minimum absolute atomic E-state index is 0.00534. The molecule has 230 valence electrons. The van der Waals surface area contributed by atoms with Crippen LogP contribution in [-0.4, -0.2) is 59.8 Å². The number of anilines is 1. The molecule has 2 N–H and O–H groups in total. The number of methoxy groups -OCH3 is 4. The topological polar surface area (TPSA) is 156 Å². The third-order valence-corrected chi connectivity index (χ3v) is 7.01. The predicted molar refractivity (Wildman–Crippen MR) is 166 cm³/mol. The predicted octanol–water partition coefficient (Wildman–Crippen LogP) is 3.78. The van der Waals surface area contributed by atoms with E-state index in [1.54, 1.807) is 48.7 Å². The third kappa shape index (κ3) is 5.95. The zero-order valence-electron chi connectivity index (χ0n) is 25.2. The van der Waals surface area contributed by atoms with Crippen LogP contribution in [0.1, 0.15) is 32.2 Å². The van der Waals surface area contributed by atoms with Crippen LogP contribution in [0.2, 0.25) is 0 Å². The van der Waals surface area contributed by atoms with E-state index in [0.29, 0.717) is 39.3 Å². The van der Waals surface area contributed by atoms with E-state index < -0.39 is 17.4 Å². The molecule has 0 aliphatic heterocycles. The molecule has 0 fully saturated rings. The smallest absolute Gasteiger partial charge is 0.355 e. The summed E-state index contributed by atoms with van der Waals surface area (Å²) >= 11 is 0. The van der Waals surface area contributed by atoms with Gasteiger partial charge in [-0.3, -0.25) is 35.0 Å². The number of hydrogen-bond acceptors (Lipinski definition) is 11. The second-order valence-corrected chi connectivity index (χ2v) is 9.70. The molecule has 5 aromatic rings. The van der Waals surface area contributed by atoms with Crippen molar-refractivity contribution < 1.29 is 28.5 Å². The van der Waals surface area contributed by atoms with Gasteiger partial charge >= 0.3 is 5.97 Å². The van der Waals surface area contributed by atoms with Gasteiger partial charge in [0.2, 0.25) is 5.75 Å². The maximum absolute atomic E-state index is 14.4. The number of esters is 1. The van der Waals surface area contributed by atoms with Gasteiger partial charge in [0, 0.05) is 35.2 Å². The van der Waals surface area contributed by atoms with Crippen LogP contribution in [-0.2, 0) is 11.3 Å². The van der Waals surface area contributed by atoms with E-state index in [4.69, 9.17) is 18.9 Å². The van der Waals surface area contributed by atoms with Gasteiger partial charge in [-0.1, -0.05) is 6.07 Å². The molecule has 45 heavy (non-hydrogen) atoms. The fraction of sp³-hybridized carbons (Fsp3) is 0.188. The summed E-state index contributed by atoms with van der Waals surface area (Å²) in [5.41, 5.74) is 7.14. The van der Waals surface area contributed by atoms with Crippen LogP contribution in [0.25, 0.3) is 21.9 Å². The van der Waals surface area contributed by atoms with Crippen LogP contribution < -0.4 is 30.6 Å². The Balaban J connectivity index is 1.83. The van der Waals surface area contributed by atoms with Gasteiger partial charge in [0.25, 0.3) is 11.5 Å². The third-order valence-electron chi connectivity index (χ3n) is 7.01. The molecule has 0 atom stereocenters. The minimum atomic E-state index is -0.752. The van der Waals surface area contributed by atoms with E-state index in [2.05, 4.69) is 25.8 Å². The summed E-state index contributed by atoms with van der Waals surface area (Å²) in [5, 5.41) is 0.447. The summed E-state index contributed by atoms with van der Waals surface area (Å²) in [4.78, 5) is 53.4. The number of fused-ring (bicyclic) bond motifs is 1.